The minimum atomic E-state index is -0.260. The Hall–Kier alpha value is -1.15. The molecular weight excluding hydrogens is 222 g/mol. The second-order valence-corrected chi connectivity index (χ2v) is 6.15. The van der Waals surface area contributed by atoms with Crippen LogP contribution in [0.15, 0.2) is 12.1 Å². The van der Waals surface area contributed by atoms with Crippen LogP contribution in [0, 0.1) is 26.2 Å². The first-order valence-electron chi connectivity index (χ1n) is 6.52. The molecule has 0 aromatic heterocycles. The highest BCUT2D eigenvalue weighted by Gasteiger charge is 2.20. The molecule has 0 aliphatic rings. The summed E-state index contributed by atoms with van der Waals surface area (Å²) in [6.07, 6.45) is 0. The zero-order chi connectivity index (χ0) is 13.9. The van der Waals surface area contributed by atoms with Crippen molar-refractivity contribution in [3.8, 4) is 0 Å². The van der Waals surface area contributed by atoms with Gasteiger partial charge in [0, 0.05) is 12.0 Å². The molecule has 0 aliphatic carbocycles. The van der Waals surface area contributed by atoms with E-state index in [1.165, 1.54) is 22.3 Å². The Morgan fingerprint density at radius 1 is 1.11 bits per heavy atom. The summed E-state index contributed by atoms with van der Waals surface area (Å²) in [4.78, 5) is 11.8. The third-order valence-corrected chi connectivity index (χ3v) is 3.26. The van der Waals surface area contributed by atoms with Crippen molar-refractivity contribution in [1.82, 2.24) is 5.32 Å². The number of ketones is 1. The van der Waals surface area contributed by atoms with Crippen molar-refractivity contribution in [2.75, 3.05) is 6.54 Å². The van der Waals surface area contributed by atoms with Crippen LogP contribution < -0.4 is 5.32 Å². The second kappa shape index (κ2) is 5.66. The molecule has 1 aromatic carbocycles. The van der Waals surface area contributed by atoms with Crippen LogP contribution in [0.2, 0.25) is 0 Å². The van der Waals surface area contributed by atoms with Crippen molar-refractivity contribution in [2.45, 2.75) is 48.1 Å². The molecular formula is C16H25NO. The fraction of sp³-hybridized carbons (Fsp3) is 0.562. The van der Waals surface area contributed by atoms with Crippen LogP contribution in [0.1, 0.15) is 43.0 Å². The summed E-state index contributed by atoms with van der Waals surface area (Å²) < 4.78 is 0. The van der Waals surface area contributed by atoms with Crippen LogP contribution >= 0.6 is 0 Å². The molecule has 100 valence electrons. The number of nitrogens with one attached hydrogen (secondary N) is 1. The van der Waals surface area contributed by atoms with E-state index < -0.39 is 0 Å². The Bertz CT molecular complexity index is 418. The monoisotopic (exact) mass is 247 g/mol. The predicted molar refractivity (Wildman–Crippen MR) is 76.8 cm³/mol. The van der Waals surface area contributed by atoms with Gasteiger partial charge in [-0.05, 0) is 37.5 Å². The van der Waals surface area contributed by atoms with Crippen LogP contribution in [-0.2, 0) is 11.3 Å². The van der Waals surface area contributed by atoms with E-state index in [1.54, 1.807) is 0 Å². The van der Waals surface area contributed by atoms with Gasteiger partial charge in [-0.3, -0.25) is 4.79 Å². The van der Waals surface area contributed by atoms with E-state index in [4.69, 9.17) is 0 Å². The summed E-state index contributed by atoms with van der Waals surface area (Å²) in [7, 11) is 0. The summed E-state index contributed by atoms with van der Waals surface area (Å²) in [6.45, 7) is 13.4. The highest BCUT2D eigenvalue weighted by Crippen LogP contribution is 2.17. The Labute approximate surface area is 111 Å². The molecule has 0 saturated heterocycles. The van der Waals surface area contributed by atoms with Gasteiger partial charge in [-0.25, -0.2) is 0 Å². The first kappa shape index (κ1) is 14.9. The number of hydrogen-bond acceptors (Lipinski definition) is 2. The zero-order valence-corrected chi connectivity index (χ0v) is 12.5. The molecule has 0 amide bonds. The molecule has 0 radical (unpaired) electrons. The van der Waals surface area contributed by atoms with Gasteiger partial charge in [0.1, 0.15) is 0 Å². The van der Waals surface area contributed by atoms with E-state index in [0.717, 1.165) is 6.54 Å². The van der Waals surface area contributed by atoms with E-state index in [0.29, 0.717) is 6.54 Å². The van der Waals surface area contributed by atoms with Crippen molar-refractivity contribution in [3.63, 3.8) is 0 Å². The van der Waals surface area contributed by atoms with Gasteiger partial charge in [-0.15, -0.1) is 0 Å². The highest BCUT2D eigenvalue weighted by molar-refractivity contribution is 5.85. The normalized spacial score (nSPS) is 11.7. The Morgan fingerprint density at radius 2 is 1.61 bits per heavy atom. The second-order valence-electron chi connectivity index (χ2n) is 6.15. The molecule has 1 N–H and O–H groups in total. The quantitative estimate of drug-likeness (QED) is 0.884. The van der Waals surface area contributed by atoms with E-state index in [2.05, 4.69) is 38.2 Å². The lowest BCUT2D eigenvalue weighted by molar-refractivity contribution is -0.125. The highest BCUT2D eigenvalue weighted by atomic mass is 16.1. The van der Waals surface area contributed by atoms with Crippen LogP contribution in [0.3, 0.4) is 0 Å². The number of aryl methyl sites for hydroxylation is 3. The molecule has 2 heteroatoms. The first-order chi connectivity index (χ1) is 8.21. The van der Waals surface area contributed by atoms with Crippen LogP contribution in [0.5, 0.6) is 0 Å². The van der Waals surface area contributed by atoms with Crippen LogP contribution in [0.4, 0.5) is 0 Å². The summed E-state index contributed by atoms with van der Waals surface area (Å²) in [5, 5.41) is 3.26. The summed E-state index contributed by atoms with van der Waals surface area (Å²) in [5.74, 6) is 0.255. The molecule has 1 aromatic rings. The molecule has 0 fully saturated rings. The van der Waals surface area contributed by atoms with Gasteiger partial charge in [-0.1, -0.05) is 38.5 Å². The minimum Gasteiger partial charge on any atom is -0.306 e. The fourth-order valence-electron chi connectivity index (χ4n) is 2.05. The van der Waals surface area contributed by atoms with Crippen LogP contribution in [-0.4, -0.2) is 12.3 Å². The molecule has 2 nitrogen and oxygen atoms in total. The smallest absolute Gasteiger partial charge is 0.151 e. The Morgan fingerprint density at radius 3 is 2.06 bits per heavy atom. The summed E-state index contributed by atoms with van der Waals surface area (Å²) >= 11 is 0. The van der Waals surface area contributed by atoms with Crippen molar-refractivity contribution >= 4 is 5.78 Å². The van der Waals surface area contributed by atoms with Gasteiger partial charge in [0.2, 0.25) is 0 Å². The topological polar surface area (TPSA) is 29.1 Å². The SMILES string of the molecule is Cc1cc(C)c(CNCC(=O)C(C)(C)C)c(C)c1. The average Bonchev–Trinajstić information content (AvgIpc) is 2.19. The molecule has 0 aliphatic heterocycles. The molecule has 0 heterocycles. The van der Waals surface area contributed by atoms with Crippen LogP contribution in [0.25, 0.3) is 0 Å². The number of carbonyl (C=O) groups is 1. The summed E-state index contributed by atoms with van der Waals surface area (Å²) in [5.41, 5.74) is 4.93. The Balaban J connectivity index is 2.63. The van der Waals surface area contributed by atoms with Crippen molar-refractivity contribution in [1.29, 1.82) is 0 Å². The standard InChI is InChI=1S/C16H25NO/c1-11-7-12(2)14(13(3)8-11)9-17-10-15(18)16(4,5)6/h7-8,17H,9-10H2,1-6H3. The lowest BCUT2D eigenvalue weighted by Crippen LogP contribution is -2.32. The lowest BCUT2D eigenvalue weighted by Gasteiger charge is -2.18. The van der Waals surface area contributed by atoms with E-state index in [1.807, 2.05) is 20.8 Å². The largest absolute Gasteiger partial charge is 0.306 e. The minimum absolute atomic E-state index is 0.255. The molecule has 0 spiro atoms. The maximum absolute atomic E-state index is 11.8. The maximum atomic E-state index is 11.8. The van der Waals surface area contributed by atoms with E-state index in [-0.39, 0.29) is 11.2 Å². The van der Waals surface area contributed by atoms with Gasteiger partial charge >= 0.3 is 0 Å². The fourth-order valence-corrected chi connectivity index (χ4v) is 2.05. The summed E-state index contributed by atoms with van der Waals surface area (Å²) in [6, 6.07) is 4.38. The zero-order valence-electron chi connectivity index (χ0n) is 12.5. The molecule has 0 unspecified atom stereocenters. The lowest BCUT2D eigenvalue weighted by atomic mass is 9.91. The number of rotatable bonds is 4. The van der Waals surface area contributed by atoms with Gasteiger partial charge in [0.05, 0.1) is 6.54 Å². The Kier molecular flexibility index (Phi) is 4.69. The number of carbonyl (C=O) groups excluding carboxylic acids is 1. The average molecular weight is 247 g/mol. The van der Waals surface area contributed by atoms with E-state index in [9.17, 15) is 4.79 Å². The van der Waals surface area contributed by atoms with Gasteiger partial charge in [0.25, 0.3) is 0 Å². The molecule has 1 rings (SSSR count). The number of hydrogen-bond donors (Lipinski definition) is 1. The maximum Gasteiger partial charge on any atom is 0.151 e. The van der Waals surface area contributed by atoms with Gasteiger partial charge < -0.3 is 5.32 Å². The molecule has 0 bridgehead atoms. The molecule has 0 atom stereocenters. The van der Waals surface area contributed by atoms with Gasteiger partial charge in [-0.2, -0.15) is 0 Å². The van der Waals surface area contributed by atoms with E-state index >= 15 is 0 Å². The third kappa shape index (κ3) is 3.95. The van der Waals surface area contributed by atoms with Gasteiger partial charge in [0.15, 0.2) is 5.78 Å². The van der Waals surface area contributed by atoms with Crippen molar-refractivity contribution in [3.05, 3.63) is 34.4 Å². The van der Waals surface area contributed by atoms with Crippen molar-refractivity contribution in [2.24, 2.45) is 5.41 Å². The molecule has 18 heavy (non-hydrogen) atoms. The number of benzene rings is 1. The predicted octanol–water partition coefficient (Wildman–Crippen LogP) is 3.32. The third-order valence-electron chi connectivity index (χ3n) is 3.26. The number of Topliss-reactive ketones (excluding diaryl/α,β-unsaturated/α-hetero) is 1. The first-order valence-corrected chi connectivity index (χ1v) is 6.52. The molecule has 0 saturated carbocycles. The van der Waals surface area contributed by atoms with Crippen molar-refractivity contribution < 1.29 is 4.79 Å².